The molecule has 1 N–H and O–H groups in total. The Morgan fingerprint density at radius 1 is 1.30 bits per heavy atom. The third-order valence-electron chi connectivity index (χ3n) is 5.16. The lowest BCUT2D eigenvalue weighted by atomic mass is 10.2. The van der Waals surface area contributed by atoms with Crippen molar-refractivity contribution in [2.24, 2.45) is 0 Å². The predicted octanol–water partition coefficient (Wildman–Crippen LogP) is 3.25. The Kier molecular flexibility index (Phi) is 5.39. The second-order valence-corrected chi connectivity index (χ2v) is 7.68. The number of carbonyl (C=O) groups excluding carboxylic acids is 1. The van der Waals surface area contributed by atoms with E-state index in [9.17, 15) is 4.79 Å². The van der Waals surface area contributed by atoms with Crippen LogP contribution in [-0.4, -0.2) is 54.0 Å². The van der Waals surface area contributed by atoms with Crippen LogP contribution in [0.3, 0.4) is 0 Å². The molecule has 2 unspecified atom stereocenters. The van der Waals surface area contributed by atoms with Gasteiger partial charge in [-0.2, -0.15) is 0 Å². The second-order valence-electron chi connectivity index (χ2n) is 6.83. The summed E-state index contributed by atoms with van der Waals surface area (Å²) in [5, 5.41) is 3.06. The van der Waals surface area contributed by atoms with Gasteiger partial charge in [-0.3, -0.25) is 14.6 Å². The van der Waals surface area contributed by atoms with Crippen LogP contribution in [-0.2, 0) is 4.79 Å². The smallest absolute Gasteiger partial charge is 0.241 e. The van der Waals surface area contributed by atoms with Crippen molar-refractivity contribution < 1.29 is 4.79 Å². The first-order valence-corrected chi connectivity index (χ1v) is 9.39. The van der Waals surface area contributed by atoms with Crippen molar-refractivity contribution in [1.29, 1.82) is 0 Å². The Morgan fingerprint density at radius 3 is 2.74 bits per heavy atom. The summed E-state index contributed by atoms with van der Waals surface area (Å²) in [6.45, 7) is 8.56. The molecular formula is C18H26BrN3O. The molecular weight excluding hydrogens is 354 g/mol. The molecule has 23 heavy (non-hydrogen) atoms. The van der Waals surface area contributed by atoms with Gasteiger partial charge < -0.3 is 5.32 Å². The quantitative estimate of drug-likeness (QED) is 0.871. The number of hydrogen-bond donors (Lipinski definition) is 1. The van der Waals surface area contributed by atoms with Crippen molar-refractivity contribution in [2.75, 3.05) is 31.5 Å². The van der Waals surface area contributed by atoms with Gasteiger partial charge in [0.1, 0.15) is 0 Å². The van der Waals surface area contributed by atoms with E-state index in [1.807, 2.05) is 32.0 Å². The van der Waals surface area contributed by atoms with Crippen molar-refractivity contribution in [3.8, 4) is 0 Å². The second kappa shape index (κ2) is 7.32. The molecule has 0 bridgehead atoms. The maximum absolute atomic E-state index is 12.6. The van der Waals surface area contributed by atoms with Crippen LogP contribution in [0.5, 0.6) is 0 Å². The molecule has 5 heteroatoms. The predicted molar refractivity (Wildman–Crippen MR) is 97.8 cm³/mol. The van der Waals surface area contributed by atoms with E-state index >= 15 is 0 Å². The fraction of sp³-hybridized carbons (Fsp3) is 0.611. The third-order valence-corrected chi connectivity index (χ3v) is 5.82. The van der Waals surface area contributed by atoms with Crippen LogP contribution >= 0.6 is 15.9 Å². The minimum Gasteiger partial charge on any atom is -0.324 e. The molecule has 2 atom stereocenters. The molecule has 0 radical (unpaired) electrons. The molecule has 0 spiro atoms. The van der Waals surface area contributed by atoms with Crippen molar-refractivity contribution in [3.05, 3.63) is 28.2 Å². The number of carbonyl (C=O) groups is 1. The summed E-state index contributed by atoms with van der Waals surface area (Å²) in [5.41, 5.74) is 2.03. The molecule has 2 saturated heterocycles. The molecule has 3 rings (SSSR count). The van der Waals surface area contributed by atoms with E-state index in [2.05, 4.69) is 31.0 Å². The molecule has 0 aliphatic carbocycles. The highest BCUT2D eigenvalue weighted by Crippen LogP contribution is 2.25. The summed E-state index contributed by atoms with van der Waals surface area (Å²) in [5.74, 6) is 0.0802. The minimum absolute atomic E-state index is 0.0802. The highest BCUT2D eigenvalue weighted by molar-refractivity contribution is 9.10. The van der Waals surface area contributed by atoms with Crippen molar-refractivity contribution in [2.45, 2.75) is 45.2 Å². The molecule has 2 heterocycles. The first kappa shape index (κ1) is 16.9. The first-order chi connectivity index (χ1) is 11.0. The maximum atomic E-state index is 12.6. The van der Waals surface area contributed by atoms with Crippen LogP contribution in [0.2, 0.25) is 0 Å². The summed E-state index contributed by atoms with van der Waals surface area (Å²) in [4.78, 5) is 17.5. The molecule has 126 valence electrons. The molecule has 2 aliphatic rings. The van der Waals surface area contributed by atoms with Gasteiger partial charge in [-0.1, -0.05) is 6.07 Å². The topological polar surface area (TPSA) is 35.6 Å². The Bertz CT molecular complexity index is 571. The number of nitrogens with zero attached hydrogens (tertiary/aromatic N) is 2. The standard InChI is InChI=1S/C18H26BrN3O/c1-13-5-6-17(16(19)11-13)20-18(23)14(2)22-10-7-15(12-22)21-8-3-4-9-21/h5-6,11,14-15H,3-4,7-10,12H2,1-2H3,(H,20,23). The summed E-state index contributed by atoms with van der Waals surface area (Å²) in [6.07, 6.45) is 3.84. The number of benzene rings is 1. The van der Waals surface area contributed by atoms with Crippen LogP contribution in [0.4, 0.5) is 5.69 Å². The van der Waals surface area contributed by atoms with Crippen LogP contribution in [0.25, 0.3) is 0 Å². The Balaban J connectivity index is 1.57. The molecule has 2 aliphatic heterocycles. The van der Waals surface area contributed by atoms with Gasteiger partial charge in [0.25, 0.3) is 0 Å². The third kappa shape index (κ3) is 3.95. The zero-order valence-electron chi connectivity index (χ0n) is 14.0. The SMILES string of the molecule is Cc1ccc(NC(=O)C(C)N2CCC(N3CCCC3)C2)c(Br)c1. The molecule has 0 aromatic heterocycles. The zero-order chi connectivity index (χ0) is 16.4. The number of aryl methyl sites for hydroxylation is 1. The summed E-state index contributed by atoms with van der Waals surface area (Å²) in [6, 6.07) is 6.56. The molecule has 1 aromatic rings. The largest absolute Gasteiger partial charge is 0.324 e. The monoisotopic (exact) mass is 379 g/mol. The van der Waals surface area contributed by atoms with Gasteiger partial charge >= 0.3 is 0 Å². The van der Waals surface area contributed by atoms with Gasteiger partial charge in [-0.25, -0.2) is 0 Å². The zero-order valence-corrected chi connectivity index (χ0v) is 15.6. The molecule has 2 fully saturated rings. The Labute approximate surface area is 147 Å². The molecule has 0 saturated carbocycles. The number of nitrogens with one attached hydrogen (secondary N) is 1. The van der Waals surface area contributed by atoms with Crippen molar-refractivity contribution in [3.63, 3.8) is 0 Å². The van der Waals surface area contributed by atoms with E-state index in [0.717, 1.165) is 23.2 Å². The van der Waals surface area contributed by atoms with E-state index in [0.29, 0.717) is 6.04 Å². The van der Waals surface area contributed by atoms with Crippen molar-refractivity contribution >= 4 is 27.5 Å². The molecule has 4 nitrogen and oxygen atoms in total. The van der Waals surface area contributed by atoms with Gasteiger partial charge in [0.2, 0.25) is 5.91 Å². The number of likely N-dealkylation sites (tertiary alicyclic amines) is 2. The lowest BCUT2D eigenvalue weighted by molar-refractivity contribution is -0.120. The van der Waals surface area contributed by atoms with Gasteiger partial charge in [0.05, 0.1) is 11.7 Å². The van der Waals surface area contributed by atoms with Crippen LogP contribution in [0, 0.1) is 6.92 Å². The number of amides is 1. The average Bonchev–Trinajstić information content (AvgIpc) is 3.19. The highest BCUT2D eigenvalue weighted by atomic mass is 79.9. The maximum Gasteiger partial charge on any atom is 0.241 e. The summed E-state index contributed by atoms with van der Waals surface area (Å²) < 4.78 is 0.939. The fourth-order valence-electron chi connectivity index (χ4n) is 3.65. The van der Waals surface area contributed by atoms with Gasteiger partial charge in [0.15, 0.2) is 0 Å². The van der Waals surface area contributed by atoms with E-state index in [4.69, 9.17) is 0 Å². The Morgan fingerprint density at radius 2 is 2.04 bits per heavy atom. The van der Waals surface area contributed by atoms with Crippen molar-refractivity contribution in [1.82, 2.24) is 9.80 Å². The number of hydrogen-bond acceptors (Lipinski definition) is 3. The average molecular weight is 380 g/mol. The van der Waals surface area contributed by atoms with Crippen LogP contribution in [0.1, 0.15) is 31.7 Å². The van der Waals surface area contributed by atoms with Gasteiger partial charge in [-0.15, -0.1) is 0 Å². The van der Waals surface area contributed by atoms with E-state index in [1.54, 1.807) is 0 Å². The lowest BCUT2D eigenvalue weighted by Crippen LogP contribution is -2.43. The molecule has 1 amide bonds. The minimum atomic E-state index is -0.0872. The summed E-state index contributed by atoms with van der Waals surface area (Å²) >= 11 is 3.53. The van der Waals surface area contributed by atoms with Gasteiger partial charge in [0, 0.05) is 23.6 Å². The van der Waals surface area contributed by atoms with Gasteiger partial charge in [-0.05, 0) is 79.8 Å². The van der Waals surface area contributed by atoms with E-state index in [-0.39, 0.29) is 11.9 Å². The summed E-state index contributed by atoms with van der Waals surface area (Å²) in [7, 11) is 0. The van der Waals surface area contributed by atoms with E-state index in [1.165, 1.54) is 37.9 Å². The number of halogens is 1. The Hall–Kier alpha value is -0.910. The number of anilines is 1. The fourth-order valence-corrected chi connectivity index (χ4v) is 4.24. The van der Waals surface area contributed by atoms with Crippen LogP contribution < -0.4 is 5.32 Å². The highest BCUT2D eigenvalue weighted by Gasteiger charge is 2.33. The molecule has 1 aromatic carbocycles. The lowest BCUT2D eigenvalue weighted by Gasteiger charge is -2.26. The normalized spacial score (nSPS) is 24.0. The van der Waals surface area contributed by atoms with E-state index < -0.39 is 0 Å². The number of rotatable bonds is 4. The first-order valence-electron chi connectivity index (χ1n) is 8.59. The van der Waals surface area contributed by atoms with Crippen LogP contribution in [0.15, 0.2) is 22.7 Å².